The third kappa shape index (κ3) is 2.74. The lowest BCUT2D eigenvalue weighted by Crippen LogP contribution is -2.37. The Hall–Kier alpha value is -0.700. The molecule has 1 atom stereocenters. The lowest BCUT2D eigenvalue weighted by atomic mass is 10.2. The van der Waals surface area contributed by atoms with Gasteiger partial charge in [0.1, 0.15) is 13.0 Å². The van der Waals surface area contributed by atoms with E-state index in [0.29, 0.717) is 0 Å². The Morgan fingerprint density at radius 3 is 2.75 bits per heavy atom. The van der Waals surface area contributed by atoms with Crippen molar-refractivity contribution in [3.63, 3.8) is 0 Å². The fourth-order valence-corrected chi connectivity index (χ4v) is 1.23. The van der Waals surface area contributed by atoms with Crippen molar-refractivity contribution in [1.29, 1.82) is 0 Å². The topological polar surface area (TPSA) is 38.3 Å². The molecule has 1 rings (SSSR count). The van der Waals surface area contributed by atoms with E-state index in [1.54, 1.807) is 13.8 Å². The van der Waals surface area contributed by atoms with E-state index < -0.39 is 5.60 Å². The summed E-state index contributed by atoms with van der Waals surface area (Å²) in [5, 5.41) is 3.08. The third-order valence-electron chi connectivity index (χ3n) is 1.72. The Kier molecular flexibility index (Phi) is 2.62. The van der Waals surface area contributed by atoms with E-state index in [1.807, 2.05) is 0 Å². The van der Waals surface area contributed by atoms with Crippen LogP contribution in [-0.4, -0.2) is 24.2 Å². The molecule has 1 heterocycles. The lowest BCUT2D eigenvalue weighted by molar-refractivity contribution is -0.154. The monoisotopic (exact) mass is 170 g/mol. The molecule has 0 radical (unpaired) electrons. The van der Waals surface area contributed by atoms with Gasteiger partial charge in [-0.15, -0.1) is 0 Å². The molecule has 0 aliphatic carbocycles. The molecule has 12 heavy (non-hydrogen) atoms. The maximum Gasteiger partial charge on any atom is 0.326 e. The molecule has 0 amide bonds. The van der Waals surface area contributed by atoms with Crippen LogP contribution in [0, 0.1) is 6.92 Å². The highest BCUT2D eigenvalue weighted by molar-refractivity contribution is 5.76. The summed E-state index contributed by atoms with van der Waals surface area (Å²) in [4.78, 5) is 11.3. The molecular weight excluding hydrogens is 154 g/mol. The van der Waals surface area contributed by atoms with E-state index in [4.69, 9.17) is 4.74 Å². The highest BCUT2D eigenvalue weighted by atomic mass is 16.6. The van der Waals surface area contributed by atoms with Crippen LogP contribution in [0.4, 0.5) is 0 Å². The fourth-order valence-electron chi connectivity index (χ4n) is 1.23. The average molecular weight is 170 g/mol. The average Bonchev–Trinajstić information content (AvgIpc) is 2.32. The summed E-state index contributed by atoms with van der Waals surface area (Å²) in [6.45, 7) is 8.18. The van der Waals surface area contributed by atoms with Gasteiger partial charge in [0.15, 0.2) is 0 Å². The zero-order valence-corrected chi connectivity index (χ0v) is 7.72. The second kappa shape index (κ2) is 3.35. The van der Waals surface area contributed by atoms with E-state index in [2.05, 4.69) is 12.2 Å². The van der Waals surface area contributed by atoms with Gasteiger partial charge in [-0.3, -0.25) is 4.79 Å². The number of hydrogen-bond acceptors (Lipinski definition) is 3. The first-order valence-corrected chi connectivity index (χ1v) is 4.31. The highest BCUT2D eigenvalue weighted by Gasteiger charge is 2.30. The summed E-state index contributed by atoms with van der Waals surface area (Å²) < 4.78 is 5.11. The van der Waals surface area contributed by atoms with Gasteiger partial charge in [0.05, 0.1) is 0 Å². The number of nitrogens with one attached hydrogen (secondary N) is 1. The quantitative estimate of drug-likeness (QED) is 0.494. The second-order valence-electron chi connectivity index (χ2n) is 3.83. The van der Waals surface area contributed by atoms with Crippen molar-refractivity contribution in [1.82, 2.24) is 5.32 Å². The van der Waals surface area contributed by atoms with Crippen molar-refractivity contribution in [3.05, 3.63) is 6.92 Å². The molecule has 0 spiro atoms. The Labute approximate surface area is 73.5 Å². The van der Waals surface area contributed by atoms with Crippen molar-refractivity contribution in [3.8, 4) is 0 Å². The van der Waals surface area contributed by atoms with Crippen molar-refractivity contribution < 1.29 is 9.53 Å². The van der Waals surface area contributed by atoms with E-state index in [-0.39, 0.29) is 12.0 Å². The first-order valence-electron chi connectivity index (χ1n) is 4.31. The van der Waals surface area contributed by atoms with E-state index >= 15 is 0 Å². The SMILES string of the molecule is [CH2+]C(C)(C)OC(=O)[C@@H]1CCCN1. The van der Waals surface area contributed by atoms with Gasteiger partial charge in [-0.2, -0.15) is 0 Å². The number of ether oxygens (including phenoxy) is 1. The largest absolute Gasteiger partial charge is 0.418 e. The Balaban J connectivity index is 2.37. The van der Waals surface area contributed by atoms with Crippen LogP contribution in [0.3, 0.4) is 0 Å². The van der Waals surface area contributed by atoms with Crippen LogP contribution >= 0.6 is 0 Å². The van der Waals surface area contributed by atoms with E-state index in [9.17, 15) is 4.79 Å². The minimum atomic E-state index is -0.610. The van der Waals surface area contributed by atoms with Crippen LogP contribution in [0.2, 0.25) is 0 Å². The molecular formula is C9H16NO2+. The summed E-state index contributed by atoms with van der Waals surface area (Å²) in [6, 6.07) is -0.106. The summed E-state index contributed by atoms with van der Waals surface area (Å²) >= 11 is 0. The maximum absolute atomic E-state index is 11.3. The Morgan fingerprint density at radius 2 is 2.33 bits per heavy atom. The number of carbonyl (C=O) groups excluding carboxylic acids is 1. The molecule has 1 aliphatic heterocycles. The molecule has 0 aromatic carbocycles. The Bertz CT molecular complexity index is 166. The second-order valence-corrected chi connectivity index (χ2v) is 3.83. The van der Waals surface area contributed by atoms with Gasteiger partial charge in [0.2, 0.25) is 5.60 Å². The van der Waals surface area contributed by atoms with Gasteiger partial charge in [-0.1, -0.05) is 0 Å². The molecule has 1 saturated heterocycles. The van der Waals surface area contributed by atoms with Crippen molar-refractivity contribution in [2.24, 2.45) is 0 Å². The van der Waals surface area contributed by atoms with Gasteiger partial charge in [0.25, 0.3) is 0 Å². The van der Waals surface area contributed by atoms with Crippen LogP contribution in [0.15, 0.2) is 0 Å². The zero-order chi connectivity index (χ0) is 9.19. The summed E-state index contributed by atoms with van der Waals surface area (Å²) in [7, 11) is 0. The maximum atomic E-state index is 11.3. The molecule has 3 nitrogen and oxygen atoms in total. The van der Waals surface area contributed by atoms with E-state index in [0.717, 1.165) is 19.4 Å². The minimum Gasteiger partial charge on any atom is -0.418 e. The van der Waals surface area contributed by atoms with E-state index in [1.165, 1.54) is 0 Å². The van der Waals surface area contributed by atoms with Gasteiger partial charge in [-0.25, -0.2) is 0 Å². The van der Waals surface area contributed by atoms with Crippen LogP contribution in [0.1, 0.15) is 26.7 Å². The number of hydrogen-bond donors (Lipinski definition) is 1. The van der Waals surface area contributed by atoms with Crippen molar-refractivity contribution in [2.75, 3.05) is 6.54 Å². The standard InChI is InChI=1S/C9H16NO2/c1-9(2,3)12-8(11)7-5-4-6-10-7/h7,10H,1,4-6H2,2-3H3/q+1/t7-/m0/s1. The first kappa shape index (κ1) is 9.39. The summed E-state index contributed by atoms with van der Waals surface area (Å²) in [5.41, 5.74) is -0.610. The predicted octanol–water partition coefficient (Wildman–Crippen LogP) is 0.894. The van der Waals surface area contributed by atoms with Gasteiger partial charge < -0.3 is 10.1 Å². The summed E-state index contributed by atoms with van der Waals surface area (Å²) in [6.07, 6.45) is 1.94. The Morgan fingerprint density at radius 1 is 1.67 bits per heavy atom. The van der Waals surface area contributed by atoms with Crippen LogP contribution < -0.4 is 5.32 Å². The van der Waals surface area contributed by atoms with Gasteiger partial charge >= 0.3 is 5.97 Å². The summed E-state index contributed by atoms with van der Waals surface area (Å²) in [5.74, 6) is -0.174. The van der Waals surface area contributed by atoms with Crippen LogP contribution in [-0.2, 0) is 9.53 Å². The lowest BCUT2D eigenvalue weighted by Gasteiger charge is -2.16. The fraction of sp³-hybridized carbons (Fsp3) is 0.778. The van der Waals surface area contributed by atoms with Gasteiger partial charge in [0, 0.05) is 13.8 Å². The molecule has 68 valence electrons. The van der Waals surface area contributed by atoms with Gasteiger partial charge in [-0.05, 0) is 19.4 Å². The minimum absolute atomic E-state index is 0.106. The highest BCUT2D eigenvalue weighted by Crippen LogP contribution is 2.12. The molecule has 3 heteroatoms. The van der Waals surface area contributed by atoms with Crippen molar-refractivity contribution in [2.45, 2.75) is 38.3 Å². The van der Waals surface area contributed by atoms with Crippen LogP contribution in [0.5, 0.6) is 0 Å². The molecule has 0 aromatic rings. The molecule has 0 bridgehead atoms. The normalized spacial score (nSPS) is 24.0. The molecule has 1 N–H and O–H groups in total. The molecule has 1 fully saturated rings. The molecule has 0 aromatic heterocycles. The van der Waals surface area contributed by atoms with Crippen LogP contribution in [0.25, 0.3) is 0 Å². The third-order valence-corrected chi connectivity index (χ3v) is 1.72. The molecule has 0 unspecified atom stereocenters. The molecule has 0 saturated carbocycles. The van der Waals surface area contributed by atoms with Crippen molar-refractivity contribution >= 4 is 5.97 Å². The molecule has 1 aliphatic rings. The number of esters is 1. The first-order chi connectivity index (χ1) is 5.49. The number of rotatable bonds is 2. The smallest absolute Gasteiger partial charge is 0.326 e. The zero-order valence-electron chi connectivity index (χ0n) is 7.72. The predicted molar refractivity (Wildman–Crippen MR) is 46.6 cm³/mol. The number of carbonyl (C=O) groups is 1.